The maximum absolute atomic E-state index is 13.9. The minimum absolute atomic E-state index is 0.0214. The quantitative estimate of drug-likeness (QED) is 0.626. The normalized spacial score (nSPS) is 19.7. The second-order valence-electron chi connectivity index (χ2n) is 10.2. The zero-order valence-corrected chi connectivity index (χ0v) is 21.0. The first-order valence-corrected chi connectivity index (χ1v) is 13.3. The number of carbonyl (C=O) groups excluding carboxylic acids is 3. The van der Waals surface area contributed by atoms with E-state index in [1.54, 1.807) is 4.90 Å². The van der Waals surface area contributed by atoms with E-state index < -0.39 is 5.54 Å². The molecule has 0 aromatic heterocycles. The maximum Gasteiger partial charge on any atom is 0.250 e. The lowest BCUT2D eigenvalue weighted by Gasteiger charge is -2.43. The summed E-state index contributed by atoms with van der Waals surface area (Å²) >= 11 is 0. The van der Waals surface area contributed by atoms with Crippen LogP contribution >= 0.6 is 0 Å². The zero-order valence-electron chi connectivity index (χ0n) is 21.0. The molecule has 3 amide bonds. The summed E-state index contributed by atoms with van der Waals surface area (Å²) < 4.78 is 0. The Labute approximate surface area is 213 Å². The van der Waals surface area contributed by atoms with Crippen molar-refractivity contribution in [2.24, 2.45) is 0 Å². The monoisotopic (exact) mass is 488 g/mol. The Morgan fingerprint density at radius 2 is 1.36 bits per heavy atom. The van der Waals surface area contributed by atoms with E-state index in [4.69, 9.17) is 0 Å². The van der Waals surface area contributed by atoms with Crippen molar-refractivity contribution >= 4 is 23.4 Å². The topological polar surface area (TPSA) is 64.2 Å². The van der Waals surface area contributed by atoms with E-state index >= 15 is 0 Å². The predicted octanol–water partition coefficient (Wildman–Crippen LogP) is 3.30. The van der Waals surface area contributed by atoms with Crippen LogP contribution in [0.15, 0.2) is 60.7 Å². The van der Waals surface area contributed by atoms with Crippen LogP contribution in [-0.2, 0) is 20.8 Å². The molecule has 0 radical (unpaired) electrons. The summed E-state index contributed by atoms with van der Waals surface area (Å²) in [6.07, 6.45) is 5.59. The molecule has 3 aliphatic rings. The Morgan fingerprint density at radius 1 is 0.750 bits per heavy atom. The van der Waals surface area contributed by atoms with Crippen LogP contribution in [-0.4, -0.2) is 77.4 Å². The molecule has 3 fully saturated rings. The predicted molar refractivity (Wildman–Crippen MR) is 139 cm³/mol. The van der Waals surface area contributed by atoms with Gasteiger partial charge in [-0.3, -0.25) is 14.4 Å². The zero-order chi connectivity index (χ0) is 25.0. The molecule has 2 aromatic rings. The molecule has 0 unspecified atom stereocenters. The molecule has 3 heterocycles. The molecular weight excluding hydrogens is 452 g/mol. The summed E-state index contributed by atoms with van der Waals surface area (Å²) in [5.74, 6) is 0.206. The Kier molecular flexibility index (Phi) is 7.25. The minimum atomic E-state index is -0.709. The standard InChI is InChI=1S/C29H36N4O3/c34-26(15-14-24-10-4-1-5-11-24)31-20-16-29(17-21-31)28(36)32(22-27(35)30-18-8-3-9-19-30)23-33(29)25-12-6-2-7-13-25/h1-2,4-7,10-13H,3,8-9,14-23H2. The fraction of sp³-hybridized carbons (Fsp3) is 0.483. The van der Waals surface area contributed by atoms with Crippen LogP contribution in [0.5, 0.6) is 0 Å². The molecule has 1 spiro atoms. The SMILES string of the molecule is O=C(CCc1ccccc1)N1CCC2(CC1)C(=O)N(CC(=O)N1CCCCC1)CN2c1ccccc1. The Hall–Kier alpha value is -3.35. The van der Waals surface area contributed by atoms with Gasteiger partial charge in [-0.25, -0.2) is 0 Å². The molecule has 2 aromatic carbocycles. The van der Waals surface area contributed by atoms with Crippen LogP contribution < -0.4 is 4.90 Å². The first-order valence-electron chi connectivity index (χ1n) is 13.3. The van der Waals surface area contributed by atoms with E-state index in [0.29, 0.717) is 39.0 Å². The molecular formula is C29H36N4O3. The van der Waals surface area contributed by atoms with Gasteiger partial charge in [0.15, 0.2) is 0 Å². The molecule has 7 heteroatoms. The molecule has 0 saturated carbocycles. The van der Waals surface area contributed by atoms with Crippen molar-refractivity contribution in [3.8, 4) is 0 Å². The number of aryl methyl sites for hydroxylation is 1. The van der Waals surface area contributed by atoms with Gasteiger partial charge in [0.05, 0.1) is 6.67 Å². The maximum atomic E-state index is 13.9. The van der Waals surface area contributed by atoms with Crippen LogP contribution in [0.2, 0.25) is 0 Å². The number of carbonyl (C=O) groups is 3. The fourth-order valence-electron chi connectivity index (χ4n) is 5.91. The Balaban J connectivity index is 1.27. The summed E-state index contributed by atoms with van der Waals surface area (Å²) in [6.45, 7) is 3.21. The second kappa shape index (κ2) is 10.7. The van der Waals surface area contributed by atoms with Crippen molar-refractivity contribution in [2.75, 3.05) is 44.3 Å². The van der Waals surface area contributed by atoms with Gasteiger partial charge in [-0.15, -0.1) is 0 Å². The largest absolute Gasteiger partial charge is 0.342 e. The number of hydrogen-bond acceptors (Lipinski definition) is 4. The van der Waals surface area contributed by atoms with Crippen molar-refractivity contribution in [3.63, 3.8) is 0 Å². The van der Waals surface area contributed by atoms with Crippen molar-refractivity contribution < 1.29 is 14.4 Å². The summed E-state index contributed by atoms with van der Waals surface area (Å²) in [5, 5.41) is 0. The van der Waals surface area contributed by atoms with Gasteiger partial charge in [-0.05, 0) is 56.2 Å². The first-order chi connectivity index (χ1) is 17.6. The van der Waals surface area contributed by atoms with Crippen LogP contribution in [0.25, 0.3) is 0 Å². The van der Waals surface area contributed by atoms with Crippen LogP contribution in [0.1, 0.15) is 44.1 Å². The molecule has 0 atom stereocenters. The molecule has 0 bridgehead atoms. The molecule has 0 aliphatic carbocycles. The number of amides is 3. The highest BCUT2D eigenvalue weighted by Crippen LogP contribution is 2.39. The second-order valence-corrected chi connectivity index (χ2v) is 10.2. The lowest BCUT2D eigenvalue weighted by atomic mass is 9.85. The van der Waals surface area contributed by atoms with Crippen LogP contribution in [0, 0.1) is 0 Å². The molecule has 36 heavy (non-hydrogen) atoms. The molecule has 3 saturated heterocycles. The van der Waals surface area contributed by atoms with E-state index in [2.05, 4.69) is 4.90 Å². The van der Waals surface area contributed by atoms with Gasteiger partial charge in [-0.1, -0.05) is 48.5 Å². The lowest BCUT2D eigenvalue weighted by molar-refractivity contribution is -0.142. The number of nitrogens with zero attached hydrogens (tertiary/aromatic N) is 4. The molecule has 5 rings (SSSR count). The fourth-order valence-corrected chi connectivity index (χ4v) is 5.91. The number of rotatable bonds is 6. The summed E-state index contributed by atoms with van der Waals surface area (Å²) in [7, 11) is 0. The number of likely N-dealkylation sites (tertiary alicyclic amines) is 2. The summed E-state index contributed by atoms with van der Waals surface area (Å²) in [4.78, 5) is 47.6. The van der Waals surface area contributed by atoms with Gasteiger partial charge in [-0.2, -0.15) is 0 Å². The third-order valence-electron chi connectivity index (χ3n) is 8.03. The average molecular weight is 489 g/mol. The van der Waals surface area contributed by atoms with Crippen molar-refractivity contribution in [1.82, 2.24) is 14.7 Å². The number of hydrogen-bond donors (Lipinski definition) is 0. The average Bonchev–Trinajstić information content (AvgIpc) is 3.19. The summed E-state index contributed by atoms with van der Waals surface area (Å²) in [5.41, 5.74) is 1.44. The van der Waals surface area contributed by atoms with E-state index in [1.807, 2.05) is 70.5 Å². The highest BCUT2D eigenvalue weighted by molar-refractivity contribution is 5.96. The van der Waals surface area contributed by atoms with Crippen molar-refractivity contribution in [2.45, 2.75) is 50.5 Å². The van der Waals surface area contributed by atoms with E-state index in [0.717, 1.165) is 50.0 Å². The molecule has 190 valence electrons. The van der Waals surface area contributed by atoms with Gasteiger partial charge in [0.1, 0.15) is 12.1 Å². The van der Waals surface area contributed by atoms with E-state index in [1.165, 1.54) is 0 Å². The van der Waals surface area contributed by atoms with Crippen molar-refractivity contribution in [1.29, 1.82) is 0 Å². The molecule has 0 N–H and O–H groups in total. The number of benzene rings is 2. The minimum Gasteiger partial charge on any atom is -0.342 e. The Bertz CT molecular complexity index is 1060. The number of piperidine rings is 2. The smallest absolute Gasteiger partial charge is 0.250 e. The Morgan fingerprint density at radius 3 is 2.03 bits per heavy atom. The molecule has 7 nitrogen and oxygen atoms in total. The van der Waals surface area contributed by atoms with Crippen molar-refractivity contribution in [3.05, 3.63) is 66.2 Å². The van der Waals surface area contributed by atoms with Gasteiger partial charge in [0.25, 0.3) is 5.91 Å². The third-order valence-corrected chi connectivity index (χ3v) is 8.03. The van der Waals surface area contributed by atoms with Crippen LogP contribution in [0.3, 0.4) is 0 Å². The number of para-hydroxylation sites is 1. The van der Waals surface area contributed by atoms with E-state index in [-0.39, 0.29) is 24.3 Å². The highest BCUT2D eigenvalue weighted by atomic mass is 16.2. The lowest BCUT2D eigenvalue weighted by Crippen LogP contribution is -2.57. The third kappa shape index (κ3) is 4.97. The summed E-state index contributed by atoms with van der Waals surface area (Å²) in [6, 6.07) is 20.1. The van der Waals surface area contributed by atoms with Gasteiger partial charge in [0.2, 0.25) is 11.8 Å². The first kappa shape index (κ1) is 24.3. The molecule has 3 aliphatic heterocycles. The van der Waals surface area contributed by atoms with Gasteiger partial charge in [0, 0.05) is 38.3 Å². The van der Waals surface area contributed by atoms with Gasteiger partial charge >= 0.3 is 0 Å². The van der Waals surface area contributed by atoms with Crippen LogP contribution in [0.4, 0.5) is 5.69 Å². The highest BCUT2D eigenvalue weighted by Gasteiger charge is 2.54. The van der Waals surface area contributed by atoms with Gasteiger partial charge < -0.3 is 19.6 Å². The number of anilines is 1. The van der Waals surface area contributed by atoms with E-state index in [9.17, 15) is 14.4 Å².